The Morgan fingerprint density at radius 1 is 1.00 bits per heavy atom. The molecule has 1 fully saturated rings. The van der Waals surface area contributed by atoms with Crippen LogP contribution >= 0.6 is 0 Å². The van der Waals surface area contributed by atoms with Crippen LogP contribution in [-0.4, -0.2) is 78.5 Å². The first-order valence-corrected chi connectivity index (χ1v) is 18.7. The minimum absolute atomic E-state index is 0.0603. The molecule has 6 heterocycles. The monoisotopic (exact) mass is 748 g/mol. The average Bonchev–Trinajstić information content (AvgIpc) is 3.74. The lowest BCUT2D eigenvalue weighted by molar-refractivity contribution is -0.141. The molecule has 3 aliphatic heterocycles. The highest BCUT2D eigenvalue weighted by atomic mass is 16.2. The highest BCUT2D eigenvalue weighted by molar-refractivity contribution is 6.05. The lowest BCUT2D eigenvalue weighted by atomic mass is 9.96. The summed E-state index contributed by atoms with van der Waals surface area (Å²) in [6, 6.07) is 16.2. The summed E-state index contributed by atoms with van der Waals surface area (Å²) in [6.07, 6.45) is 5.03. The standard InChI is InChI=1S/C43H40N8O5/c1-5-36-47-38(35-24-49(4)42(56)43(2,3)51(35)36)28-13-9-12-26-20-33(46-22-30(26)28)27-15-16-32(45-21-27)39(53)44-19-7-6-10-25-11-8-14-29-31(25)23-50(41(29)55)34-17-18-37(52)48-40(34)54/h8-9,11-16,20-22,34H,5,7,17-19,23-24H2,1-4H3,(H,44,53)(H,48,52,54). The first-order chi connectivity index (χ1) is 27.0. The van der Waals surface area contributed by atoms with Crippen LogP contribution < -0.4 is 10.6 Å². The molecule has 13 heteroatoms. The molecule has 0 spiro atoms. The van der Waals surface area contributed by atoms with Crippen LogP contribution in [0.4, 0.5) is 0 Å². The van der Waals surface area contributed by atoms with Gasteiger partial charge in [0, 0.05) is 79.4 Å². The first kappa shape index (κ1) is 36.3. The summed E-state index contributed by atoms with van der Waals surface area (Å²) in [5.41, 5.74) is 5.77. The van der Waals surface area contributed by atoms with Crippen LogP contribution in [0.25, 0.3) is 33.3 Å². The van der Waals surface area contributed by atoms with Gasteiger partial charge >= 0.3 is 0 Å². The number of carbonyl (C=O) groups is 5. The van der Waals surface area contributed by atoms with E-state index in [0.29, 0.717) is 49.2 Å². The van der Waals surface area contributed by atoms with Crippen LogP contribution in [0.1, 0.15) is 83.5 Å². The Balaban J connectivity index is 0.922. The largest absolute Gasteiger partial charge is 0.350 e. The predicted octanol–water partition coefficient (Wildman–Crippen LogP) is 4.36. The van der Waals surface area contributed by atoms with Crippen LogP contribution in [0, 0.1) is 11.8 Å². The summed E-state index contributed by atoms with van der Waals surface area (Å²) >= 11 is 0. The molecule has 0 saturated carbocycles. The zero-order chi connectivity index (χ0) is 39.3. The second-order valence-electron chi connectivity index (χ2n) is 14.8. The van der Waals surface area contributed by atoms with E-state index in [9.17, 15) is 24.0 Å². The maximum atomic E-state index is 13.1. The molecule has 56 heavy (non-hydrogen) atoms. The molecule has 1 unspecified atom stereocenters. The highest BCUT2D eigenvalue weighted by Gasteiger charge is 2.42. The van der Waals surface area contributed by atoms with Crippen LogP contribution in [0.15, 0.2) is 67.0 Å². The van der Waals surface area contributed by atoms with Gasteiger partial charge in [-0.15, -0.1) is 0 Å². The Hall–Kier alpha value is -6.68. The number of imidazole rings is 1. The molecule has 5 aromatic rings. The molecule has 0 aliphatic carbocycles. The molecule has 282 valence electrons. The molecule has 8 rings (SSSR count). The summed E-state index contributed by atoms with van der Waals surface area (Å²) < 4.78 is 2.10. The van der Waals surface area contributed by atoms with Crippen molar-refractivity contribution in [3.8, 4) is 34.4 Å². The number of hydrogen-bond acceptors (Lipinski definition) is 8. The van der Waals surface area contributed by atoms with Crippen molar-refractivity contribution in [1.82, 2.24) is 40.0 Å². The van der Waals surface area contributed by atoms with Crippen molar-refractivity contribution >= 4 is 40.3 Å². The van der Waals surface area contributed by atoms with Gasteiger partial charge in [-0.25, -0.2) is 4.98 Å². The number of likely N-dealkylation sites (N-methyl/N-ethyl adjacent to an activating group) is 1. The normalized spacial score (nSPS) is 17.3. The maximum Gasteiger partial charge on any atom is 0.269 e. The van der Waals surface area contributed by atoms with Crippen molar-refractivity contribution < 1.29 is 24.0 Å². The minimum Gasteiger partial charge on any atom is -0.350 e. The summed E-state index contributed by atoms with van der Waals surface area (Å²) in [5.74, 6) is 5.78. The molecule has 2 N–H and O–H groups in total. The number of hydrogen-bond donors (Lipinski definition) is 2. The molecule has 1 atom stereocenters. The number of nitrogens with zero attached hydrogens (tertiary/aromatic N) is 6. The second-order valence-corrected chi connectivity index (χ2v) is 14.8. The highest BCUT2D eigenvalue weighted by Crippen LogP contribution is 2.38. The quantitative estimate of drug-likeness (QED) is 0.141. The smallest absolute Gasteiger partial charge is 0.269 e. The van der Waals surface area contributed by atoms with E-state index in [2.05, 4.69) is 38.9 Å². The number of benzene rings is 2. The number of amides is 5. The first-order valence-electron chi connectivity index (χ1n) is 18.7. The SMILES string of the molecule is CCc1nc(-c2cccc3cc(-c4ccc(C(=O)NCCC#Cc5cccc6c5CN(C5CCC(=O)NC5=O)C6=O)nc4)ncc23)c2n1C(C)(C)C(=O)N(C)C2. The van der Waals surface area contributed by atoms with Gasteiger partial charge in [0.25, 0.3) is 11.8 Å². The Bertz CT molecular complexity index is 2540. The number of rotatable bonds is 7. The topological polar surface area (TPSA) is 159 Å². The van der Waals surface area contributed by atoms with E-state index in [-0.39, 0.29) is 42.3 Å². The number of aryl methyl sites for hydroxylation is 1. The zero-order valence-corrected chi connectivity index (χ0v) is 31.6. The zero-order valence-electron chi connectivity index (χ0n) is 31.6. The van der Waals surface area contributed by atoms with Crippen LogP contribution in [0.5, 0.6) is 0 Å². The Labute approximate surface area is 323 Å². The maximum absolute atomic E-state index is 13.1. The van der Waals surface area contributed by atoms with Crippen molar-refractivity contribution in [3.05, 3.63) is 101 Å². The summed E-state index contributed by atoms with van der Waals surface area (Å²) in [7, 11) is 1.83. The molecule has 13 nitrogen and oxygen atoms in total. The number of nitrogens with one attached hydrogen (secondary N) is 2. The van der Waals surface area contributed by atoms with Crippen molar-refractivity contribution in [2.45, 2.75) is 71.1 Å². The van der Waals surface area contributed by atoms with E-state index in [1.165, 1.54) is 4.90 Å². The fraction of sp³-hybridized carbons (Fsp3) is 0.302. The minimum atomic E-state index is -0.738. The molecule has 5 amide bonds. The van der Waals surface area contributed by atoms with Gasteiger partial charge in [0.15, 0.2) is 0 Å². The van der Waals surface area contributed by atoms with E-state index in [1.807, 2.05) is 63.5 Å². The summed E-state index contributed by atoms with van der Waals surface area (Å²) in [6.45, 7) is 6.95. The van der Waals surface area contributed by atoms with Gasteiger partial charge in [-0.2, -0.15) is 0 Å². The Morgan fingerprint density at radius 3 is 2.57 bits per heavy atom. The fourth-order valence-electron chi connectivity index (χ4n) is 8.03. The summed E-state index contributed by atoms with van der Waals surface area (Å²) in [5, 5.41) is 7.11. The third-order valence-corrected chi connectivity index (χ3v) is 10.8. The van der Waals surface area contributed by atoms with E-state index in [1.54, 1.807) is 29.3 Å². The molecular formula is C43H40N8O5. The van der Waals surface area contributed by atoms with Crippen molar-refractivity contribution in [2.75, 3.05) is 13.6 Å². The molecule has 0 radical (unpaired) electrons. The van der Waals surface area contributed by atoms with Gasteiger partial charge in [-0.1, -0.05) is 43.0 Å². The fourth-order valence-corrected chi connectivity index (χ4v) is 8.03. The summed E-state index contributed by atoms with van der Waals surface area (Å²) in [4.78, 5) is 80.6. The number of pyridine rings is 2. The number of carbonyl (C=O) groups excluding carboxylic acids is 5. The number of imide groups is 1. The van der Waals surface area contributed by atoms with Crippen molar-refractivity contribution in [2.24, 2.45) is 0 Å². The van der Waals surface area contributed by atoms with Gasteiger partial charge < -0.3 is 19.7 Å². The number of piperidine rings is 1. The van der Waals surface area contributed by atoms with Crippen LogP contribution in [0.2, 0.25) is 0 Å². The van der Waals surface area contributed by atoms with Crippen molar-refractivity contribution in [1.29, 1.82) is 0 Å². The Morgan fingerprint density at radius 2 is 1.80 bits per heavy atom. The lowest BCUT2D eigenvalue weighted by Gasteiger charge is -2.38. The van der Waals surface area contributed by atoms with Crippen LogP contribution in [-0.2, 0) is 39.4 Å². The van der Waals surface area contributed by atoms with Gasteiger partial charge in [0.1, 0.15) is 23.1 Å². The van der Waals surface area contributed by atoms with Gasteiger partial charge in [0.2, 0.25) is 17.7 Å². The van der Waals surface area contributed by atoms with Gasteiger partial charge in [0.05, 0.1) is 23.6 Å². The predicted molar refractivity (Wildman–Crippen MR) is 208 cm³/mol. The van der Waals surface area contributed by atoms with E-state index in [0.717, 1.165) is 44.7 Å². The number of fused-ring (bicyclic) bond motifs is 3. The van der Waals surface area contributed by atoms with E-state index in [4.69, 9.17) is 9.97 Å². The Kier molecular flexibility index (Phi) is 9.20. The van der Waals surface area contributed by atoms with E-state index >= 15 is 0 Å². The third kappa shape index (κ3) is 6.26. The second kappa shape index (κ2) is 14.2. The molecular weight excluding hydrogens is 709 g/mol. The van der Waals surface area contributed by atoms with Crippen molar-refractivity contribution in [3.63, 3.8) is 0 Å². The van der Waals surface area contributed by atoms with Crippen LogP contribution in [0.3, 0.4) is 0 Å². The number of aromatic nitrogens is 4. The molecule has 0 bridgehead atoms. The average molecular weight is 749 g/mol. The third-order valence-electron chi connectivity index (χ3n) is 10.8. The molecule has 2 aromatic carbocycles. The molecule has 1 saturated heterocycles. The van der Waals surface area contributed by atoms with Gasteiger partial charge in [-0.3, -0.25) is 39.3 Å². The lowest BCUT2D eigenvalue weighted by Crippen LogP contribution is -2.52. The molecule has 3 aliphatic rings. The van der Waals surface area contributed by atoms with E-state index < -0.39 is 17.5 Å². The molecule has 3 aromatic heterocycles. The van der Waals surface area contributed by atoms with Gasteiger partial charge in [-0.05, 0) is 61.5 Å².